The van der Waals surface area contributed by atoms with Crippen molar-refractivity contribution < 1.29 is 14.7 Å². The van der Waals surface area contributed by atoms with Gasteiger partial charge >= 0.3 is 0 Å². The monoisotopic (exact) mass is 430 g/mol. The van der Waals surface area contributed by atoms with Gasteiger partial charge in [-0.1, -0.05) is 42.5 Å². The molecular weight excluding hydrogens is 404 g/mol. The molecule has 0 atom stereocenters. The highest BCUT2D eigenvalue weighted by atomic mass is 16.3. The summed E-state index contributed by atoms with van der Waals surface area (Å²) < 4.78 is 0. The predicted molar refractivity (Wildman–Crippen MR) is 123 cm³/mol. The van der Waals surface area contributed by atoms with E-state index in [1.54, 1.807) is 36.4 Å². The van der Waals surface area contributed by atoms with Crippen LogP contribution in [-0.2, 0) is 0 Å². The zero-order chi connectivity index (χ0) is 22.5. The highest BCUT2D eigenvalue weighted by Crippen LogP contribution is 2.28. The van der Waals surface area contributed by atoms with Gasteiger partial charge in [0.1, 0.15) is 0 Å². The van der Waals surface area contributed by atoms with Crippen LogP contribution in [0.25, 0.3) is 11.3 Å². The summed E-state index contributed by atoms with van der Waals surface area (Å²) in [5.41, 5.74) is 8.46. The number of benzene rings is 2. The maximum Gasteiger partial charge on any atom is 0.278 e. The van der Waals surface area contributed by atoms with Crippen LogP contribution < -0.4 is 11.1 Å². The summed E-state index contributed by atoms with van der Waals surface area (Å²) in [6, 6.07) is 16.2. The second-order valence-corrected chi connectivity index (χ2v) is 8.19. The minimum atomic E-state index is -0.438. The maximum absolute atomic E-state index is 12.6. The lowest BCUT2D eigenvalue weighted by atomic mass is 9.83. The first-order valence-electron chi connectivity index (χ1n) is 10.8. The van der Waals surface area contributed by atoms with E-state index in [1.807, 2.05) is 18.2 Å². The third-order valence-corrected chi connectivity index (χ3v) is 5.84. The van der Waals surface area contributed by atoms with Crippen molar-refractivity contribution >= 4 is 23.2 Å². The fourth-order valence-corrected chi connectivity index (χ4v) is 3.97. The lowest BCUT2D eigenvalue weighted by Gasteiger charge is -2.24. The fraction of sp³-hybridized carbons (Fsp3) is 0.280. The number of ketones is 1. The molecular formula is C25H26N4O3. The third-order valence-electron chi connectivity index (χ3n) is 5.84. The molecule has 1 aliphatic carbocycles. The Kier molecular flexibility index (Phi) is 6.56. The summed E-state index contributed by atoms with van der Waals surface area (Å²) >= 11 is 0. The molecule has 0 bridgehead atoms. The fourth-order valence-electron chi connectivity index (χ4n) is 3.97. The molecule has 1 aromatic heterocycles. The number of nitrogens with zero attached hydrogens (tertiary/aromatic N) is 2. The third kappa shape index (κ3) is 5.18. The molecule has 0 aliphatic heterocycles. The number of nitrogens with two attached hydrogens (primary N) is 1. The molecule has 7 nitrogen and oxygen atoms in total. The molecule has 32 heavy (non-hydrogen) atoms. The summed E-state index contributed by atoms with van der Waals surface area (Å²) in [5.74, 6) is 0.0440. The number of rotatable bonds is 6. The van der Waals surface area contributed by atoms with E-state index < -0.39 is 5.91 Å². The molecule has 7 heteroatoms. The van der Waals surface area contributed by atoms with E-state index in [0.29, 0.717) is 29.3 Å². The van der Waals surface area contributed by atoms with E-state index in [1.165, 1.54) is 6.20 Å². The quantitative estimate of drug-likeness (QED) is 0.507. The number of aromatic nitrogens is 2. The van der Waals surface area contributed by atoms with Gasteiger partial charge in [0.2, 0.25) is 0 Å². The van der Waals surface area contributed by atoms with Crippen molar-refractivity contribution in [2.75, 3.05) is 11.1 Å². The van der Waals surface area contributed by atoms with Crippen molar-refractivity contribution in [2.24, 2.45) is 5.92 Å². The highest BCUT2D eigenvalue weighted by molar-refractivity contribution is 6.06. The van der Waals surface area contributed by atoms with Gasteiger partial charge in [-0.05, 0) is 43.7 Å². The zero-order valence-corrected chi connectivity index (χ0v) is 17.7. The molecule has 1 aliphatic rings. The first kappa shape index (κ1) is 21.6. The summed E-state index contributed by atoms with van der Waals surface area (Å²) in [6.45, 7) is 0. The Morgan fingerprint density at radius 1 is 1.00 bits per heavy atom. The van der Waals surface area contributed by atoms with Gasteiger partial charge in [0.05, 0.1) is 18.0 Å². The van der Waals surface area contributed by atoms with Gasteiger partial charge in [-0.15, -0.1) is 0 Å². The Labute approximate surface area is 186 Å². The molecule has 164 valence electrons. The van der Waals surface area contributed by atoms with Crippen LogP contribution in [0.3, 0.4) is 0 Å². The predicted octanol–water partition coefficient (Wildman–Crippen LogP) is 4.10. The summed E-state index contributed by atoms with van der Waals surface area (Å²) in [6.07, 6.45) is 5.11. The van der Waals surface area contributed by atoms with E-state index >= 15 is 0 Å². The molecule has 0 spiro atoms. The number of aliphatic hydroxyl groups excluding tert-OH is 1. The number of hydrogen-bond donors (Lipinski definition) is 3. The van der Waals surface area contributed by atoms with Crippen LogP contribution in [0.2, 0.25) is 0 Å². The second-order valence-electron chi connectivity index (χ2n) is 8.19. The Morgan fingerprint density at radius 3 is 2.38 bits per heavy atom. The number of amides is 1. The van der Waals surface area contributed by atoms with Gasteiger partial charge in [0.15, 0.2) is 17.3 Å². The molecule has 1 amide bonds. The molecule has 4 N–H and O–H groups in total. The first-order chi connectivity index (χ1) is 15.5. The normalized spacial score (nSPS) is 18.2. The average Bonchev–Trinajstić information content (AvgIpc) is 2.81. The molecule has 1 fully saturated rings. The lowest BCUT2D eigenvalue weighted by Crippen LogP contribution is -2.20. The van der Waals surface area contributed by atoms with Gasteiger partial charge in [0.25, 0.3) is 5.91 Å². The van der Waals surface area contributed by atoms with Gasteiger partial charge in [-0.3, -0.25) is 9.59 Å². The van der Waals surface area contributed by atoms with E-state index in [0.717, 1.165) is 31.2 Å². The largest absolute Gasteiger partial charge is 0.393 e. The second kappa shape index (κ2) is 9.70. The topological polar surface area (TPSA) is 118 Å². The van der Waals surface area contributed by atoms with Crippen LogP contribution in [0.15, 0.2) is 60.8 Å². The molecule has 3 aromatic rings. The van der Waals surface area contributed by atoms with Gasteiger partial charge in [0, 0.05) is 23.2 Å². The number of para-hydroxylation sites is 1. The van der Waals surface area contributed by atoms with Crippen molar-refractivity contribution in [1.29, 1.82) is 0 Å². The summed E-state index contributed by atoms with van der Waals surface area (Å²) in [5, 5.41) is 12.4. The van der Waals surface area contributed by atoms with Crippen molar-refractivity contribution in [3.8, 4) is 11.3 Å². The van der Waals surface area contributed by atoms with Gasteiger partial charge < -0.3 is 16.2 Å². The molecule has 0 saturated heterocycles. The van der Waals surface area contributed by atoms with Crippen LogP contribution in [0, 0.1) is 5.92 Å². The van der Waals surface area contributed by atoms with E-state index in [-0.39, 0.29) is 23.4 Å². The summed E-state index contributed by atoms with van der Waals surface area (Å²) in [4.78, 5) is 33.8. The number of carbonyl (C=O) groups is 2. The number of Topliss-reactive ketones (excluding diaryl/α,β-unsaturated/α-hetero) is 1. The number of hydrogen-bond acceptors (Lipinski definition) is 6. The molecule has 2 aromatic carbocycles. The Morgan fingerprint density at radius 2 is 1.69 bits per heavy atom. The number of nitrogens with one attached hydrogen (secondary N) is 1. The standard InChI is InChI=1S/C25H26N4O3/c26-24-23(25(32)28-19-4-2-1-3-5-19)29-21(15-27-24)17-8-10-18(11-9-17)22(31)14-16-6-12-20(30)13-7-16/h1-5,8-11,15-16,20,30H,6-7,12-14H2,(H2,26,27)(H,28,32). The van der Waals surface area contributed by atoms with Crippen molar-refractivity contribution in [2.45, 2.75) is 38.2 Å². The zero-order valence-electron chi connectivity index (χ0n) is 17.7. The van der Waals surface area contributed by atoms with Crippen molar-refractivity contribution in [3.63, 3.8) is 0 Å². The Balaban J connectivity index is 1.46. The van der Waals surface area contributed by atoms with Gasteiger partial charge in [-0.2, -0.15) is 0 Å². The van der Waals surface area contributed by atoms with E-state index in [4.69, 9.17) is 5.73 Å². The number of aliphatic hydroxyl groups is 1. The average molecular weight is 431 g/mol. The van der Waals surface area contributed by atoms with Crippen LogP contribution in [0.4, 0.5) is 11.5 Å². The van der Waals surface area contributed by atoms with Gasteiger partial charge in [-0.25, -0.2) is 9.97 Å². The Hall–Kier alpha value is -3.58. The van der Waals surface area contributed by atoms with Crippen molar-refractivity contribution in [3.05, 3.63) is 72.1 Å². The minimum absolute atomic E-state index is 0.0472. The van der Waals surface area contributed by atoms with E-state index in [9.17, 15) is 14.7 Å². The molecule has 1 heterocycles. The SMILES string of the molecule is Nc1ncc(-c2ccc(C(=O)CC3CCC(O)CC3)cc2)nc1C(=O)Nc1ccccc1. The smallest absolute Gasteiger partial charge is 0.278 e. The van der Waals surface area contributed by atoms with Crippen molar-refractivity contribution in [1.82, 2.24) is 9.97 Å². The first-order valence-corrected chi connectivity index (χ1v) is 10.8. The number of nitrogen functional groups attached to an aromatic ring is 1. The molecule has 4 rings (SSSR count). The minimum Gasteiger partial charge on any atom is -0.393 e. The Bertz CT molecular complexity index is 1090. The maximum atomic E-state index is 12.6. The lowest BCUT2D eigenvalue weighted by molar-refractivity contribution is 0.0859. The molecule has 1 saturated carbocycles. The number of carbonyl (C=O) groups excluding carboxylic acids is 2. The van der Waals surface area contributed by atoms with Crippen LogP contribution >= 0.6 is 0 Å². The van der Waals surface area contributed by atoms with Crippen LogP contribution in [0.1, 0.15) is 53.0 Å². The number of anilines is 2. The van der Waals surface area contributed by atoms with Crippen LogP contribution in [-0.4, -0.2) is 32.9 Å². The molecule has 0 unspecified atom stereocenters. The highest BCUT2D eigenvalue weighted by Gasteiger charge is 2.22. The molecule has 0 radical (unpaired) electrons. The van der Waals surface area contributed by atoms with Crippen LogP contribution in [0.5, 0.6) is 0 Å². The summed E-state index contributed by atoms with van der Waals surface area (Å²) in [7, 11) is 0. The van der Waals surface area contributed by atoms with E-state index in [2.05, 4.69) is 15.3 Å².